The van der Waals surface area contributed by atoms with Crippen molar-refractivity contribution in [3.63, 3.8) is 0 Å². The van der Waals surface area contributed by atoms with Crippen LogP contribution in [0.2, 0.25) is 0 Å². The van der Waals surface area contributed by atoms with Crippen molar-refractivity contribution in [1.29, 1.82) is 0 Å². The number of hydrogen-bond donors (Lipinski definition) is 1. The quantitative estimate of drug-likeness (QED) is 0.381. The van der Waals surface area contributed by atoms with Crippen LogP contribution in [-0.2, 0) is 16.1 Å². The molecule has 2 aromatic carbocycles. The predicted octanol–water partition coefficient (Wildman–Crippen LogP) is 4.38. The molecular formula is C28H32N6O2. The zero-order chi connectivity index (χ0) is 25.7. The average Bonchev–Trinajstić information content (AvgIpc) is 3.27. The maximum Gasteiger partial charge on any atom is 0.249 e. The van der Waals surface area contributed by atoms with E-state index in [1.165, 1.54) is 0 Å². The molecule has 0 fully saturated rings. The number of aromatic nitrogens is 4. The predicted molar refractivity (Wildman–Crippen MR) is 140 cm³/mol. The van der Waals surface area contributed by atoms with Crippen molar-refractivity contribution in [3.05, 3.63) is 83.7 Å². The molecule has 186 valence electrons. The molecule has 0 aliphatic rings. The van der Waals surface area contributed by atoms with Crippen LogP contribution in [0, 0.1) is 19.8 Å². The highest BCUT2D eigenvalue weighted by atomic mass is 16.2. The summed E-state index contributed by atoms with van der Waals surface area (Å²) in [7, 11) is 0. The van der Waals surface area contributed by atoms with E-state index in [0.717, 1.165) is 23.1 Å². The molecule has 4 rings (SSSR count). The first-order chi connectivity index (χ1) is 17.3. The standard InChI is InChI=1S/C28H32N6O2/c1-19(2)11-16-30-28(36)27(22-12-14-29-15-13-22)34(23-10-9-20(3)21(4)17-23)26(35)18-33-25-8-6-5-7-24(25)31-32-33/h5-10,12-15,17,19,27H,11,16,18H2,1-4H3,(H,30,36)/t27-/m1/s1. The first kappa shape index (κ1) is 25.0. The molecular weight excluding hydrogens is 452 g/mol. The van der Waals surface area contributed by atoms with E-state index in [9.17, 15) is 9.59 Å². The van der Waals surface area contributed by atoms with Crippen LogP contribution < -0.4 is 10.2 Å². The summed E-state index contributed by atoms with van der Waals surface area (Å²) in [6.45, 7) is 8.71. The highest BCUT2D eigenvalue weighted by Gasteiger charge is 2.33. The van der Waals surface area contributed by atoms with Gasteiger partial charge in [0.2, 0.25) is 11.8 Å². The highest BCUT2D eigenvalue weighted by molar-refractivity contribution is 6.01. The Hall–Kier alpha value is -4.07. The molecule has 8 heteroatoms. The minimum absolute atomic E-state index is 0.0612. The topological polar surface area (TPSA) is 93.0 Å². The van der Waals surface area contributed by atoms with Crippen LogP contribution in [0.1, 0.15) is 43.0 Å². The number of anilines is 1. The van der Waals surface area contributed by atoms with Crippen molar-refractivity contribution in [3.8, 4) is 0 Å². The largest absolute Gasteiger partial charge is 0.354 e. The van der Waals surface area contributed by atoms with Gasteiger partial charge in [-0.2, -0.15) is 0 Å². The van der Waals surface area contributed by atoms with E-state index in [1.54, 1.807) is 34.1 Å². The second kappa shape index (κ2) is 11.1. The van der Waals surface area contributed by atoms with E-state index in [-0.39, 0.29) is 18.4 Å². The summed E-state index contributed by atoms with van der Waals surface area (Å²) in [6, 6.07) is 16.0. The highest BCUT2D eigenvalue weighted by Crippen LogP contribution is 2.30. The van der Waals surface area contributed by atoms with Gasteiger partial charge in [-0.15, -0.1) is 5.10 Å². The summed E-state index contributed by atoms with van der Waals surface area (Å²) < 4.78 is 1.58. The van der Waals surface area contributed by atoms with E-state index in [2.05, 4.69) is 34.5 Å². The zero-order valence-electron chi connectivity index (χ0n) is 21.2. The summed E-state index contributed by atoms with van der Waals surface area (Å²) in [4.78, 5) is 33.3. The van der Waals surface area contributed by atoms with Gasteiger partial charge in [-0.1, -0.05) is 37.3 Å². The van der Waals surface area contributed by atoms with Gasteiger partial charge in [-0.05, 0) is 79.3 Å². The zero-order valence-corrected chi connectivity index (χ0v) is 21.2. The van der Waals surface area contributed by atoms with Crippen molar-refractivity contribution in [2.75, 3.05) is 11.4 Å². The number of benzene rings is 2. The molecule has 1 atom stereocenters. The average molecular weight is 485 g/mol. The molecule has 0 spiro atoms. The number of nitrogens with one attached hydrogen (secondary N) is 1. The number of carbonyl (C=O) groups excluding carboxylic acids is 2. The number of nitrogens with zero attached hydrogens (tertiary/aromatic N) is 5. The fraction of sp³-hybridized carbons (Fsp3) is 0.321. The summed E-state index contributed by atoms with van der Waals surface area (Å²) >= 11 is 0. The van der Waals surface area contributed by atoms with Crippen molar-refractivity contribution in [2.45, 2.75) is 46.7 Å². The number of amides is 2. The lowest BCUT2D eigenvalue weighted by molar-refractivity contribution is -0.127. The van der Waals surface area contributed by atoms with Crippen LogP contribution in [0.4, 0.5) is 5.69 Å². The van der Waals surface area contributed by atoms with Crippen molar-refractivity contribution in [1.82, 2.24) is 25.3 Å². The molecule has 36 heavy (non-hydrogen) atoms. The molecule has 0 bridgehead atoms. The molecule has 1 N–H and O–H groups in total. The van der Waals surface area contributed by atoms with E-state index < -0.39 is 6.04 Å². The molecule has 0 aliphatic carbocycles. The Morgan fingerprint density at radius 2 is 1.75 bits per heavy atom. The van der Waals surface area contributed by atoms with Crippen LogP contribution in [0.25, 0.3) is 11.0 Å². The Balaban J connectivity index is 1.77. The molecule has 2 heterocycles. The molecule has 0 saturated carbocycles. The number of rotatable bonds is 9. The lowest BCUT2D eigenvalue weighted by atomic mass is 10.0. The SMILES string of the molecule is Cc1ccc(N(C(=O)Cn2nnc3ccccc32)[C@@H](C(=O)NCCC(C)C)c2ccncc2)cc1C. The second-order valence-corrected chi connectivity index (χ2v) is 9.42. The minimum atomic E-state index is -0.871. The molecule has 0 saturated heterocycles. The Labute approximate surface area is 211 Å². The normalized spacial score (nSPS) is 12.0. The lowest BCUT2D eigenvalue weighted by Crippen LogP contribution is -2.45. The molecule has 8 nitrogen and oxygen atoms in total. The molecule has 2 amide bonds. The summed E-state index contributed by atoms with van der Waals surface area (Å²) in [5.74, 6) is -0.0608. The summed E-state index contributed by atoms with van der Waals surface area (Å²) in [6.07, 6.45) is 4.12. The molecule has 4 aromatic rings. The van der Waals surface area contributed by atoms with Crippen molar-refractivity contribution < 1.29 is 9.59 Å². The van der Waals surface area contributed by atoms with Crippen LogP contribution in [0.3, 0.4) is 0 Å². The van der Waals surface area contributed by atoms with E-state index in [0.29, 0.717) is 29.2 Å². The monoisotopic (exact) mass is 484 g/mol. The third kappa shape index (κ3) is 5.59. The summed E-state index contributed by atoms with van der Waals surface area (Å²) in [5, 5.41) is 11.4. The molecule has 0 unspecified atom stereocenters. The number of pyridine rings is 1. The van der Waals surface area contributed by atoms with Gasteiger partial charge >= 0.3 is 0 Å². The number of fused-ring (bicyclic) bond motifs is 1. The Bertz CT molecular complexity index is 1350. The van der Waals surface area contributed by atoms with Crippen LogP contribution in [0.5, 0.6) is 0 Å². The van der Waals surface area contributed by atoms with Crippen LogP contribution in [0.15, 0.2) is 67.0 Å². The first-order valence-electron chi connectivity index (χ1n) is 12.2. The number of aryl methyl sites for hydroxylation is 2. The number of hydrogen-bond acceptors (Lipinski definition) is 5. The Kier molecular flexibility index (Phi) is 7.73. The van der Waals surface area contributed by atoms with Crippen LogP contribution in [-0.4, -0.2) is 38.3 Å². The van der Waals surface area contributed by atoms with Gasteiger partial charge < -0.3 is 5.32 Å². The third-order valence-electron chi connectivity index (χ3n) is 6.29. The summed E-state index contributed by atoms with van der Waals surface area (Å²) in [5.41, 5.74) is 4.93. The molecule has 0 radical (unpaired) electrons. The van der Waals surface area contributed by atoms with Gasteiger partial charge in [0.1, 0.15) is 18.1 Å². The smallest absolute Gasteiger partial charge is 0.249 e. The fourth-order valence-electron chi connectivity index (χ4n) is 4.10. The van der Waals surface area contributed by atoms with E-state index in [4.69, 9.17) is 0 Å². The van der Waals surface area contributed by atoms with Gasteiger partial charge in [-0.3, -0.25) is 19.5 Å². The molecule has 0 aliphatic heterocycles. The van der Waals surface area contributed by atoms with Gasteiger partial charge in [-0.25, -0.2) is 4.68 Å². The van der Waals surface area contributed by atoms with Gasteiger partial charge in [0.25, 0.3) is 0 Å². The number of carbonyl (C=O) groups is 2. The number of para-hydroxylation sites is 1. The molecule has 2 aromatic heterocycles. The van der Waals surface area contributed by atoms with Gasteiger partial charge in [0.15, 0.2) is 0 Å². The third-order valence-corrected chi connectivity index (χ3v) is 6.29. The van der Waals surface area contributed by atoms with Crippen molar-refractivity contribution >= 4 is 28.5 Å². The fourth-order valence-corrected chi connectivity index (χ4v) is 4.10. The first-order valence-corrected chi connectivity index (χ1v) is 12.2. The maximum atomic E-state index is 14.0. The Morgan fingerprint density at radius 3 is 2.47 bits per heavy atom. The van der Waals surface area contributed by atoms with Crippen LogP contribution >= 0.6 is 0 Å². The van der Waals surface area contributed by atoms with E-state index in [1.807, 2.05) is 56.3 Å². The Morgan fingerprint density at radius 1 is 1.00 bits per heavy atom. The second-order valence-electron chi connectivity index (χ2n) is 9.42. The van der Waals surface area contributed by atoms with Gasteiger partial charge in [0, 0.05) is 24.6 Å². The lowest BCUT2D eigenvalue weighted by Gasteiger charge is -2.32. The van der Waals surface area contributed by atoms with Crippen molar-refractivity contribution in [2.24, 2.45) is 5.92 Å². The minimum Gasteiger partial charge on any atom is -0.354 e. The van der Waals surface area contributed by atoms with Gasteiger partial charge in [0.05, 0.1) is 5.52 Å². The van der Waals surface area contributed by atoms with E-state index >= 15 is 0 Å². The maximum absolute atomic E-state index is 14.0.